The fraction of sp³-hybridized carbons (Fsp3) is 0.500. The zero-order chi connectivity index (χ0) is 53.7. The molecule has 2 aromatic carbocycles. The first kappa shape index (κ1) is 58.8. The van der Waals surface area contributed by atoms with E-state index >= 15 is 0 Å². The number of nitriles is 2. The predicted molar refractivity (Wildman–Crippen MR) is 261 cm³/mol. The number of amides is 7. The number of nitrogens with one attached hydrogen (secondary N) is 6. The highest BCUT2D eigenvalue weighted by molar-refractivity contribution is 6.07. The highest BCUT2D eigenvalue weighted by Gasteiger charge is 2.29. The number of aliphatic carboxylic acids is 1. The average molecular weight is 1030 g/mol. The second kappa shape index (κ2) is 32.3. The standard InChI is InChI=1S/C50H63FN10O13/c1-33(62)54-16-4-3-9-42(50(69)70)60-49(68)41(8-2-5-17-57-47(66)34-10-13-40(51)35(27-34)29-52)59-44(63)15-21-71-23-25-73-26-24-72-22-19-56-45(64)32-74-37-11-12-38-39(14-18-55-43(38)28-37)48(67)58-31-46(65)61-20-6-7-36(61)30-53/h10-14,18,27-28,36,41-42H,2-9,15-17,19-26,31-32H2,1H3,(H,54,62)(H,56,64)(H,57,66)(H,58,67)(H,59,63)(H,60,68)(H,69,70)/t36-,41-,42-/m0/s1. The minimum absolute atomic E-state index is 0.00836. The van der Waals surface area contributed by atoms with Gasteiger partial charge in [0.25, 0.3) is 17.7 Å². The first-order valence-electron chi connectivity index (χ1n) is 24.2. The Balaban J connectivity index is 1.08. The molecule has 0 bridgehead atoms. The number of nitrogens with zero attached hydrogens (tertiary/aromatic N) is 4. The van der Waals surface area contributed by atoms with Gasteiger partial charge in [-0.05, 0) is 87.8 Å². The van der Waals surface area contributed by atoms with Crippen LogP contribution < -0.4 is 36.6 Å². The number of carbonyl (C=O) groups excluding carboxylic acids is 7. The number of rotatable bonds is 33. The third-order valence-electron chi connectivity index (χ3n) is 11.4. The van der Waals surface area contributed by atoms with Crippen LogP contribution in [0.1, 0.15) is 91.0 Å². The van der Waals surface area contributed by atoms with Crippen LogP contribution in [0.15, 0.2) is 48.7 Å². The largest absolute Gasteiger partial charge is 0.484 e. The van der Waals surface area contributed by atoms with E-state index in [-0.39, 0.29) is 108 Å². The van der Waals surface area contributed by atoms with E-state index in [2.05, 4.69) is 43.0 Å². The summed E-state index contributed by atoms with van der Waals surface area (Å²) in [6.07, 6.45) is 4.45. The number of carboxylic acids is 1. The molecular weight excluding hydrogens is 968 g/mol. The van der Waals surface area contributed by atoms with Gasteiger partial charge in [0.15, 0.2) is 6.61 Å². The highest BCUT2D eigenvalue weighted by atomic mass is 19.1. The van der Waals surface area contributed by atoms with Crippen LogP contribution in [-0.2, 0) is 43.0 Å². The summed E-state index contributed by atoms with van der Waals surface area (Å²) >= 11 is 0. The number of carboxylic acid groups (broad SMARTS) is 1. The molecular formula is C50H63FN10O13. The third kappa shape index (κ3) is 20.7. The molecule has 3 atom stereocenters. The van der Waals surface area contributed by atoms with Gasteiger partial charge in [0.2, 0.25) is 23.6 Å². The molecule has 4 rings (SSSR count). The van der Waals surface area contributed by atoms with Gasteiger partial charge in [-0.25, -0.2) is 9.18 Å². The van der Waals surface area contributed by atoms with Crippen LogP contribution in [0.3, 0.4) is 0 Å². The summed E-state index contributed by atoms with van der Waals surface area (Å²) in [6.45, 7) is 2.99. The van der Waals surface area contributed by atoms with E-state index in [0.29, 0.717) is 67.4 Å². The second-order valence-electron chi connectivity index (χ2n) is 16.9. The second-order valence-corrected chi connectivity index (χ2v) is 16.9. The lowest BCUT2D eigenvalue weighted by molar-refractivity contribution is -0.142. The van der Waals surface area contributed by atoms with E-state index in [1.807, 2.05) is 0 Å². The van der Waals surface area contributed by atoms with E-state index in [1.54, 1.807) is 24.3 Å². The lowest BCUT2D eigenvalue weighted by Gasteiger charge is -2.22. The van der Waals surface area contributed by atoms with Crippen molar-refractivity contribution in [2.75, 3.05) is 79.0 Å². The van der Waals surface area contributed by atoms with E-state index in [0.717, 1.165) is 18.6 Å². The number of carbonyl (C=O) groups is 8. The van der Waals surface area contributed by atoms with Crippen molar-refractivity contribution >= 4 is 58.2 Å². The minimum Gasteiger partial charge on any atom is -0.484 e. The van der Waals surface area contributed by atoms with E-state index in [9.17, 15) is 53.1 Å². The highest BCUT2D eigenvalue weighted by Crippen LogP contribution is 2.23. The smallest absolute Gasteiger partial charge is 0.326 e. The maximum absolute atomic E-state index is 13.7. The fourth-order valence-electron chi connectivity index (χ4n) is 7.47. The van der Waals surface area contributed by atoms with Crippen molar-refractivity contribution in [1.82, 2.24) is 41.8 Å². The predicted octanol–water partition coefficient (Wildman–Crippen LogP) is 1.39. The molecule has 1 aromatic heterocycles. The van der Waals surface area contributed by atoms with Gasteiger partial charge in [-0.2, -0.15) is 10.5 Å². The molecule has 0 unspecified atom stereocenters. The Hall–Kier alpha value is -7.80. The molecule has 1 saturated heterocycles. The van der Waals surface area contributed by atoms with Gasteiger partial charge in [0, 0.05) is 62.7 Å². The SMILES string of the molecule is CC(=O)NCCCC[C@H](NC(=O)[C@H](CCCCNC(=O)c1ccc(F)c(C#N)c1)NC(=O)CCOCCOCCOCCNC(=O)COc1ccc2c(C(=O)NCC(=O)N3CCC[C@H]3C#N)ccnc2c1)C(=O)O. The van der Waals surface area contributed by atoms with Gasteiger partial charge in [0.05, 0.1) is 68.9 Å². The number of pyridine rings is 1. The summed E-state index contributed by atoms with van der Waals surface area (Å²) < 4.78 is 35.8. The number of halogens is 1. The first-order valence-corrected chi connectivity index (χ1v) is 24.2. The number of aromatic nitrogens is 1. The molecule has 7 N–H and O–H groups in total. The van der Waals surface area contributed by atoms with Crippen molar-refractivity contribution in [3.05, 3.63) is 71.2 Å². The number of likely N-dealkylation sites (tertiary alicyclic amines) is 1. The number of fused-ring (bicyclic) bond motifs is 1. The summed E-state index contributed by atoms with van der Waals surface area (Å²) in [5.41, 5.74) is 0.564. The maximum Gasteiger partial charge on any atom is 0.326 e. The zero-order valence-electron chi connectivity index (χ0n) is 41.2. The lowest BCUT2D eigenvalue weighted by Crippen LogP contribution is -2.51. The van der Waals surface area contributed by atoms with Crippen LogP contribution in [0.25, 0.3) is 10.9 Å². The number of hydrogen-bond acceptors (Lipinski definition) is 15. The molecule has 0 aliphatic carbocycles. The van der Waals surface area contributed by atoms with Gasteiger partial charge < -0.3 is 60.9 Å². The molecule has 2 heterocycles. The Labute approximate surface area is 427 Å². The maximum atomic E-state index is 13.7. The normalized spacial score (nSPS) is 13.6. The number of benzene rings is 2. The van der Waals surface area contributed by atoms with Gasteiger partial charge in [0.1, 0.15) is 35.8 Å². The van der Waals surface area contributed by atoms with Crippen LogP contribution in [-0.4, -0.2) is 159 Å². The molecule has 24 heteroatoms. The van der Waals surface area contributed by atoms with Crippen LogP contribution in [0, 0.1) is 28.5 Å². The summed E-state index contributed by atoms with van der Waals surface area (Å²) in [5, 5.41) is 44.3. The van der Waals surface area contributed by atoms with Crippen LogP contribution >= 0.6 is 0 Å². The Morgan fingerprint density at radius 3 is 2.19 bits per heavy atom. The summed E-state index contributed by atoms with van der Waals surface area (Å²) in [7, 11) is 0. The molecule has 0 spiro atoms. The minimum atomic E-state index is -1.26. The van der Waals surface area contributed by atoms with Crippen LogP contribution in [0.5, 0.6) is 5.75 Å². The van der Waals surface area contributed by atoms with Gasteiger partial charge in [-0.1, -0.05) is 0 Å². The number of hydrogen-bond donors (Lipinski definition) is 7. The van der Waals surface area contributed by atoms with Crippen molar-refractivity contribution < 1.29 is 66.8 Å². The molecule has 1 fully saturated rings. The van der Waals surface area contributed by atoms with Crippen LogP contribution in [0.2, 0.25) is 0 Å². The van der Waals surface area contributed by atoms with E-state index in [4.69, 9.17) is 24.2 Å². The topological polar surface area (TPSA) is 330 Å². The fourth-order valence-corrected chi connectivity index (χ4v) is 7.47. The molecule has 0 saturated carbocycles. The third-order valence-corrected chi connectivity index (χ3v) is 11.4. The van der Waals surface area contributed by atoms with Crippen molar-refractivity contribution in [3.8, 4) is 17.9 Å². The monoisotopic (exact) mass is 1030 g/mol. The summed E-state index contributed by atoms with van der Waals surface area (Å²) in [6, 6.07) is 10.7. The van der Waals surface area contributed by atoms with Crippen molar-refractivity contribution in [1.29, 1.82) is 10.5 Å². The Kier molecular flexibility index (Phi) is 25.7. The molecule has 3 aromatic rings. The Morgan fingerprint density at radius 1 is 0.784 bits per heavy atom. The number of unbranched alkanes of at least 4 members (excludes halogenated alkanes) is 2. The summed E-state index contributed by atoms with van der Waals surface area (Å²) in [5.74, 6) is -4.84. The quantitative estimate of drug-likeness (QED) is 0.0424. The first-order chi connectivity index (χ1) is 35.7. The van der Waals surface area contributed by atoms with Gasteiger partial charge >= 0.3 is 5.97 Å². The average Bonchev–Trinajstić information content (AvgIpc) is 3.88. The van der Waals surface area contributed by atoms with E-state index in [1.165, 1.54) is 30.2 Å². The van der Waals surface area contributed by atoms with Crippen molar-refractivity contribution in [2.45, 2.75) is 82.8 Å². The summed E-state index contributed by atoms with van der Waals surface area (Å²) in [4.78, 5) is 106. The van der Waals surface area contributed by atoms with Crippen molar-refractivity contribution in [2.24, 2.45) is 0 Å². The van der Waals surface area contributed by atoms with Gasteiger partial charge in [-0.15, -0.1) is 0 Å². The zero-order valence-corrected chi connectivity index (χ0v) is 41.2. The molecule has 0 radical (unpaired) electrons. The molecule has 7 amide bonds. The lowest BCUT2D eigenvalue weighted by atomic mass is 10.1. The molecule has 74 heavy (non-hydrogen) atoms. The molecule has 1 aliphatic rings. The van der Waals surface area contributed by atoms with E-state index < -0.39 is 59.4 Å². The Bertz CT molecular complexity index is 2500. The Morgan fingerprint density at radius 2 is 1.49 bits per heavy atom. The number of ether oxygens (including phenoxy) is 4. The molecule has 23 nitrogen and oxygen atoms in total. The molecule has 1 aliphatic heterocycles. The van der Waals surface area contributed by atoms with Gasteiger partial charge in [-0.3, -0.25) is 38.5 Å². The van der Waals surface area contributed by atoms with Crippen molar-refractivity contribution in [3.63, 3.8) is 0 Å². The van der Waals surface area contributed by atoms with Crippen LogP contribution in [0.4, 0.5) is 4.39 Å². The molecule has 398 valence electrons.